The quantitative estimate of drug-likeness (QED) is 0.616. The van der Waals surface area contributed by atoms with E-state index in [9.17, 15) is 9.59 Å². The maximum atomic E-state index is 12.9. The molecule has 5 nitrogen and oxygen atoms in total. The summed E-state index contributed by atoms with van der Waals surface area (Å²) in [5, 5.41) is 2.13. The first kappa shape index (κ1) is 19.0. The molecule has 0 fully saturated rings. The molecule has 3 aromatic carbocycles. The highest BCUT2D eigenvalue weighted by atomic mass is 16.6. The van der Waals surface area contributed by atoms with Gasteiger partial charge in [-0.15, -0.1) is 0 Å². The van der Waals surface area contributed by atoms with E-state index in [1.54, 1.807) is 11.8 Å². The molecule has 0 saturated heterocycles. The van der Waals surface area contributed by atoms with Crippen LogP contribution in [-0.4, -0.2) is 30.6 Å². The molecule has 0 spiro atoms. The van der Waals surface area contributed by atoms with Crippen LogP contribution in [0.1, 0.15) is 19.4 Å². The van der Waals surface area contributed by atoms with Crippen LogP contribution in [-0.2, 0) is 20.7 Å². The molecule has 0 saturated carbocycles. The molecule has 0 radical (unpaired) electrons. The predicted molar refractivity (Wildman–Crippen MR) is 112 cm³/mol. The monoisotopic (exact) mass is 389 g/mol. The number of carbonyl (C=O) groups excluding carboxylic acids is 2. The summed E-state index contributed by atoms with van der Waals surface area (Å²) in [6.07, 6.45) is -0.0792. The Morgan fingerprint density at radius 1 is 1.03 bits per heavy atom. The summed E-state index contributed by atoms with van der Waals surface area (Å²) >= 11 is 0. The van der Waals surface area contributed by atoms with Gasteiger partial charge >= 0.3 is 5.97 Å². The summed E-state index contributed by atoms with van der Waals surface area (Å²) in [6.45, 7) is 3.35. The lowest BCUT2D eigenvalue weighted by atomic mass is 10.1. The van der Waals surface area contributed by atoms with E-state index in [1.807, 2.05) is 73.7 Å². The van der Waals surface area contributed by atoms with E-state index in [1.165, 1.54) is 0 Å². The summed E-state index contributed by atoms with van der Waals surface area (Å²) in [7, 11) is 0. The third-order valence-corrected chi connectivity index (χ3v) is 5.18. The van der Waals surface area contributed by atoms with Crippen molar-refractivity contribution in [3.05, 3.63) is 72.3 Å². The van der Waals surface area contributed by atoms with Gasteiger partial charge in [0.25, 0.3) is 5.91 Å². The Labute approximate surface area is 169 Å². The molecular weight excluding hydrogens is 366 g/mol. The van der Waals surface area contributed by atoms with E-state index in [-0.39, 0.29) is 18.6 Å². The minimum Gasteiger partial charge on any atom is -0.482 e. The average molecular weight is 389 g/mol. The van der Waals surface area contributed by atoms with Crippen LogP contribution in [0.5, 0.6) is 5.75 Å². The van der Waals surface area contributed by atoms with Gasteiger partial charge in [0.15, 0.2) is 12.7 Å². The minimum absolute atomic E-state index is 0.0369. The average Bonchev–Trinajstić information content (AvgIpc) is 3.07. The van der Waals surface area contributed by atoms with E-state index in [2.05, 4.69) is 0 Å². The van der Waals surface area contributed by atoms with Gasteiger partial charge in [-0.05, 0) is 54.8 Å². The van der Waals surface area contributed by atoms with Crippen LogP contribution >= 0.6 is 0 Å². The number of benzene rings is 3. The van der Waals surface area contributed by atoms with Gasteiger partial charge in [-0.3, -0.25) is 4.79 Å². The van der Waals surface area contributed by atoms with E-state index >= 15 is 0 Å². The number of hydrogen-bond acceptors (Lipinski definition) is 4. The molecule has 0 aliphatic carbocycles. The molecule has 0 N–H and O–H groups in total. The van der Waals surface area contributed by atoms with Gasteiger partial charge in [0, 0.05) is 11.7 Å². The van der Waals surface area contributed by atoms with E-state index in [0.717, 1.165) is 28.4 Å². The van der Waals surface area contributed by atoms with Crippen LogP contribution in [0.4, 0.5) is 5.69 Å². The van der Waals surface area contributed by atoms with Gasteiger partial charge in [-0.1, -0.05) is 48.5 Å². The summed E-state index contributed by atoms with van der Waals surface area (Å²) in [5.74, 6) is -0.206. The van der Waals surface area contributed by atoms with Crippen molar-refractivity contribution in [1.29, 1.82) is 0 Å². The van der Waals surface area contributed by atoms with Crippen molar-refractivity contribution in [1.82, 2.24) is 0 Å². The number of carbonyl (C=O) groups is 2. The van der Waals surface area contributed by atoms with Crippen molar-refractivity contribution in [3.63, 3.8) is 0 Å². The summed E-state index contributed by atoms with van der Waals surface area (Å²) in [5.41, 5.74) is 2.02. The largest absolute Gasteiger partial charge is 0.482 e. The molecule has 4 rings (SSSR count). The van der Waals surface area contributed by atoms with E-state index < -0.39 is 12.1 Å². The number of nitrogens with zero attached hydrogens (tertiary/aromatic N) is 1. The van der Waals surface area contributed by atoms with Gasteiger partial charge in [0.2, 0.25) is 0 Å². The maximum Gasteiger partial charge on any atom is 0.344 e. The lowest BCUT2D eigenvalue weighted by Crippen LogP contribution is -2.43. The van der Waals surface area contributed by atoms with Gasteiger partial charge in [-0.2, -0.15) is 0 Å². The molecule has 3 aromatic rings. The van der Waals surface area contributed by atoms with Crippen LogP contribution in [0.15, 0.2) is 66.7 Å². The smallest absolute Gasteiger partial charge is 0.344 e. The van der Waals surface area contributed by atoms with Crippen LogP contribution in [0, 0.1) is 0 Å². The highest BCUT2D eigenvalue weighted by molar-refractivity contribution is 5.99. The SMILES string of the molecule is C[C@@H](OC(=O)COc1ccc2ccccc2c1)C(=O)N1c2ccccc2C[C@@H]1C. The normalized spacial score (nSPS) is 16.3. The molecular formula is C24H23NO4. The molecule has 1 amide bonds. The number of rotatable bonds is 5. The molecule has 1 aliphatic heterocycles. The summed E-state index contributed by atoms with van der Waals surface area (Å²) < 4.78 is 10.9. The number of para-hydroxylation sites is 1. The molecule has 148 valence electrons. The molecule has 1 heterocycles. The van der Waals surface area contributed by atoms with Crippen molar-refractivity contribution in [2.45, 2.75) is 32.4 Å². The Bertz CT molecular complexity index is 1060. The van der Waals surface area contributed by atoms with Gasteiger partial charge in [0.05, 0.1) is 0 Å². The van der Waals surface area contributed by atoms with Gasteiger partial charge in [0.1, 0.15) is 5.75 Å². The summed E-state index contributed by atoms with van der Waals surface area (Å²) in [4.78, 5) is 26.8. The van der Waals surface area contributed by atoms with Gasteiger partial charge in [-0.25, -0.2) is 4.79 Å². The highest BCUT2D eigenvalue weighted by Crippen LogP contribution is 2.32. The molecule has 0 aromatic heterocycles. The van der Waals surface area contributed by atoms with E-state index in [0.29, 0.717) is 5.75 Å². The first-order valence-corrected chi connectivity index (χ1v) is 9.75. The Hall–Kier alpha value is -3.34. The number of fused-ring (bicyclic) bond motifs is 2. The Morgan fingerprint density at radius 2 is 1.76 bits per heavy atom. The third-order valence-electron chi connectivity index (χ3n) is 5.18. The third kappa shape index (κ3) is 3.94. The minimum atomic E-state index is -0.878. The fraction of sp³-hybridized carbons (Fsp3) is 0.250. The molecule has 29 heavy (non-hydrogen) atoms. The molecule has 1 aliphatic rings. The van der Waals surface area contributed by atoms with Crippen LogP contribution in [0.25, 0.3) is 10.8 Å². The summed E-state index contributed by atoms with van der Waals surface area (Å²) in [6, 6.07) is 21.4. The van der Waals surface area contributed by atoms with Crippen molar-refractivity contribution >= 4 is 28.3 Å². The first-order chi connectivity index (χ1) is 14.0. The molecule has 0 bridgehead atoms. The predicted octanol–water partition coefficient (Wildman–Crippen LogP) is 4.13. The number of amides is 1. The number of esters is 1. The fourth-order valence-electron chi connectivity index (χ4n) is 3.78. The van der Waals surface area contributed by atoms with Crippen molar-refractivity contribution in [2.24, 2.45) is 0 Å². The van der Waals surface area contributed by atoms with Gasteiger partial charge < -0.3 is 14.4 Å². The van der Waals surface area contributed by atoms with Crippen molar-refractivity contribution < 1.29 is 19.1 Å². The molecule has 5 heteroatoms. The second-order valence-electron chi connectivity index (χ2n) is 7.32. The number of ether oxygens (including phenoxy) is 2. The molecule has 0 unspecified atom stereocenters. The Morgan fingerprint density at radius 3 is 2.59 bits per heavy atom. The zero-order valence-electron chi connectivity index (χ0n) is 16.5. The van der Waals surface area contributed by atoms with Crippen LogP contribution in [0.3, 0.4) is 0 Å². The zero-order valence-corrected chi connectivity index (χ0v) is 16.5. The Kier molecular flexibility index (Phi) is 5.21. The second kappa shape index (κ2) is 7.95. The second-order valence-corrected chi connectivity index (χ2v) is 7.32. The topological polar surface area (TPSA) is 55.8 Å². The highest BCUT2D eigenvalue weighted by Gasteiger charge is 2.34. The maximum absolute atomic E-state index is 12.9. The lowest BCUT2D eigenvalue weighted by molar-refractivity contribution is -0.155. The van der Waals surface area contributed by atoms with E-state index in [4.69, 9.17) is 9.47 Å². The zero-order chi connectivity index (χ0) is 20.4. The molecule has 2 atom stereocenters. The fourth-order valence-corrected chi connectivity index (χ4v) is 3.78. The van der Waals surface area contributed by atoms with Crippen LogP contribution < -0.4 is 9.64 Å². The number of hydrogen-bond donors (Lipinski definition) is 0. The number of anilines is 1. The first-order valence-electron chi connectivity index (χ1n) is 9.75. The van der Waals surface area contributed by atoms with Crippen LogP contribution in [0.2, 0.25) is 0 Å². The Balaban J connectivity index is 1.36. The standard InChI is InChI=1S/C24H23NO4/c1-16-13-20-9-5-6-10-22(20)25(16)24(27)17(2)29-23(26)15-28-21-12-11-18-7-3-4-8-19(18)14-21/h3-12,14,16-17H,13,15H2,1-2H3/t16-,17+/m0/s1. The lowest BCUT2D eigenvalue weighted by Gasteiger charge is -2.25. The van der Waals surface area contributed by atoms with Crippen molar-refractivity contribution in [2.75, 3.05) is 11.5 Å². The van der Waals surface area contributed by atoms with Crippen molar-refractivity contribution in [3.8, 4) is 5.75 Å².